The van der Waals surface area contributed by atoms with Crippen LogP contribution in [-0.4, -0.2) is 43.1 Å². The molecule has 0 amide bonds. The quantitative estimate of drug-likeness (QED) is 0.487. The number of hydrogen-bond acceptors (Lipinski definition) is 0. The third-order valence-corrected chi connectivity index (χ3v) is 12.3. The van der Waals surface area contributed by atoms with Gasteiger partial charge in [-0.1, -0.05) is 12.7 Å². The van der Waals surface area contributed by atoms with Gasteiger partial charge in [0, 0.05) is 7.26 Å². The molecule has 0 saturated carbocycles. The molecule has 0 radical (unpaired) electrons. The van der Waals surface area contributed by atoms with Gasteiger partial charge in [-0.25, -0.2) is 0 Å². The summed E-state index contributed by atoms with van der Waals surface area (Å²) in [5.74, 6) is 0. The fourth-order valence-electron chi connectivity index (χ4n) is 3.57. The molecule has 0 N–H and O–H groups in total. The summed E-state index contributed by atoms with van der Waals surface area (Å²) >= 11 is 0. The molecule has 0 unspecified atom stereocenters. The highest BCUT2D eigenvalue weighted by atomic mass is 31.2. The van der Waals surface area contributed by atoms with Gasteiger partial charge in [0.25, 0.3) is 0 Å². The van der Waals surface area contributed by atoms with Crippen LogP contribution in [-0.2, 0) is 0 Å². The average molecular weight is 271 g/mol. The first-order valence-corrected chi connectivity index (χ1v) is 12.0. The summed E-state index contributed by atoms with van der Waals surface area (Å²) in [4.78, 5) is 0. The maximum absolute atomic E-state index is 4.04. The molecule has 0 aromatic carbocycles. The highest BCUT2D eigenvalue weighted by Gasteiger charge is 2.35. The molecule has 3 fully saturated rings. The van der Waals surface area contributed by atoms with Crippen LogP contribution in [0.25, 0.3) is 0 Å². The van der Waals surface area contributed by atoms with Crippen molar-refractivity contribution in [2.75, 3.05) is 43.1 Å². The van der Waals surface area contributed by atoms with Gasteiger partial charge < -0.3 is 0 Å². The molecular weight excluding hydrogens is 242 g/mol. The fourth-order valence-corrected chi connectivity index (χ4v) is 10.7. The van der Waals surface area contributed by atoms with Gasteiger partial charge in [-0.15, -0.1) is 7.92 Å². The van der Waals surface area contributed by atoms with E-state index < -0.39 is 7.26 Å². The smallest absolute Gasteiger partial charge is 0.0771 e. The lowest BCUT2D eigenvalue weighted by atomic mass is 10.4. The van der Waals surface area contributed by atoms with Crippen LogP contribution in [0.5, 0.6) is 0 Å². The van der Waals surface area contributed by atoms with Crippen molar-refractivity contribution < 1.29 is 0 Å². The molecule has 98 valence electrons. The Morgan fingerprint density at radius 1 is 0.824 bits per heavy atom. The predicted molar refractivity (Wildman–Crippen MR) is 85.8 cm³/mol. The molecule has 3 aliphatic rings. The van der Waals surface area contributed by atoms with E-state index in [1.165, 1.54) is 6.16 Å². The minimum absolute atomic E-state index is 0.442. The second-order valence-electron chi connectivity index (χ2n) is 5.95. The van der Waals surface area contributed by atoms with Gasteiger partial charge in [0.15, 0.2) is 0 Å². The van der Waals surface area contributed by atoms with E-state index >= 15 is 0 Å². The topological polar surface area (TPSA) is 0 Å². The Kier molecular flexibility index (Phi) is 5.98. The molecule has 0 aromatic heterocycles. The molecule has 3 heterocycles. The second-order valence-corrected chi connectivity index (χ2v) is 13.0. The van der Waals surface area contributed by atoms with Gasteiger partial charge in [0.05, 0.1) is 24.6 Å². The van der Waals surface area contributed by atoms with Gasteiger partial charge in [-0.05, 0) is 57.0 Å². The Hall–Kier alpha value is 0.600. The number of hydrogen-bond donors (Lipinski definition) is 0. The lowest BCUT2D eigenvalue weighted by molar-refractivity contribution is 0.804. The van der Waals surface area contributed by atoms with Crippen molar-refractivity contribution >= 4 is 15.2 Å². The Labute approximate surface area is 110 Å². The molecule has 3 saturated heterocycles. The van der Waals surface area contributed by atoms with E-state index in [1.54, 1.807) is 75.5 Å². The SMILES string of the molecule is C=CC[P+]12CCCCP(CCCC1)CCCC2. The van der Waals surface area contributed by atoms with Gasteiger partial charge >= 0.3 is 0 Å². The maximum Gasteiger partial charge on any atom is 0.0771 e. The number of fused-ring (bicyclic) bond motifs is 9. The van der Waals surface area contributed by atoms with E-state index in [4.69, 9.17) is 0 Å². The van der Waals surface area contributed by atoms with Crippen LogP contribution in [0.15, 0.2) is 12.7 Å². The molecule has 17 heavy (non-hydrogen) atoms. The van der Waals surface area contributed by atoms with Crippen LogP contribution in [0.3, 0.4) is 0 Å². The van der Waals surface area contributed by atoms with Crippen molar-refractivity contribution in [2.45, 2.75) is 38.5 Å². The van der Waals surface area contributed by atoms with Crippen molar-refractivity contribution in [3.8, 4) is 0 Å². The predicted octanol–water partition coefficient (Wildman–Crippen LogP) is 5.04. The summed E-state index contributed by atoms with van der Waals surface area (Å²) in [6.45, 7) is 4.04. The van der Waals surface area contributed by atoms with Crippen molar-refractivity contribution in [1.29, 1.82) is 0 Å². The van der Waals surface area contributed by atoms with Gasteiger partial charge in [0.2, 0.25) is 0 Å². The zero-order chi connectivity index (χ0) is 12.0. The highest BCUT2D eigenvalue weighted by molar-refractivity contribution is 7.76. The first-order chi connectivity index (χ1) is 8.35. The van der Waals surface area contributed by atoms with Gasteiger partial charge in [0.1, 0.15) is 0 Å². The third kappa shape index (κ3) is 4.33. The molecule has 0 nitrogen and oxygen atoms in total. The number of rotatable bonds is 2. The molecule has 0 spiro atoms. The summed E-state index contributed by atoms with van der Waals surface area (Å²) in [5, 5.41) is 0. The average Bonchev–Trinajstić information content (AvgIpc) is 2.36. The van der Waals surface area contributed by atoms with Crippen molar-refractivity contribution in [2.24, 2.45) is 0 Å². The maximum atomic E-state index is 4.04. The molecular formula is C15H29P2+. The zero-order valence-corrected chi connectivity index (χ0v) is 13.2. The summed E-state index contributed by atoms with van der Waals surface area (Å²) in [6, 6.07) is 0. The zero-order valence-electron chi connectivity index (χ0n) is 11.4. The van der Waals surface area contributed by atoms with Crippen LogP contribution >= 0.6 is 15.2 Å². The van der Waals surface area contributed by atoms with Crippen LogP contribution < -0.4 is 0 Å². The monoisotopic (exact) mass is 271 g/mol. The van der Waals surface area contributed by atoms with E-state index in [2.05, 4.69) is 12.7 Å². The Morgan fingerprint density at radius 2 is 1.29 bits per heavy atom. The van der Waals surface area contributed by atoms with E-state index in [-0.39, 0.29) is 0 Å². The summed E-state index contributed by atoms with van der Waals surface area (Å²) in [5.41, 5.74) is 0. The molecule has 3 rings (SSSR count). The minimum Gasteiger partial charge on any atom is -0.107 e. The van der Waals surface area contributed by atoms with Crippen molar-refractivity contribution in [3.05, 3.63) is 12.7 Å². The summed E-state index contributed by atoms with van der Waals surface area (Å²) in [7, 11) is -0.169. The molecule has 0 aromatic rings. The molecule has 2 bridgehead atoms. The lowest BCUT2D eigenvalue weighted by Gasteiger charge is -2.31. The Bertz CT molecular complexity index is 206. The summed E-state index contributed by atoms with van der Waals surface area (Å²) < 4.78 is 0. The van der Waals surface area contributed by atoms with E-state index in [1.807, 2.05) is 0 Å². The van der Waals surface area contributed by atoms with E-state index in [9.17, 15) is 0 Å². The number of allylic oxidation sites excluding steroid dienone is 1. The van der Waals surface area contributed by atoms with Crippen LogP contribution in [0.2, 0.25) is 0 Å². The minimum atomic E-state index is -0.611. The molecule has 0 aliphatic carbocycles. The third-order valence-electron chi connectivity index (χ3n) is 4.59. The first kappa shape index (κ1) is 14.0. The standard InChI is InChI=1S/C15H29P2/c1-2-12-17-13-6-3-9-16(10-4-7-14-17)11-5-8-15-17/h2H,1,3-15H2/q+1. The van der Waals surface area contributed by atoms with Gasteiger partial charge in [-0.3, -0.25) is 0 Å². The lowest BCUT2D eigenvalue weighted by Crippen LogP contribution is -2.15. The van der Waals surface area contributed by atoms with Gasteiger partial charge in [-0.2, -0.15) is 0 Å². The second kappa shape index (κ2) is 7.25. The normalized spacial score (nSPS) is 35.9. The Balaban J connectivity index is 2.07. The molecule has 3 aliphatic heterocycles. The fraction of sp³-hybridized carbons (Fsp3) is 0.867. The molecule has 2 heteroatoms. The van der Waals surface area contributed by atoms with Crippen LogP contribution in [0, 0.1) is 0 Å². The van der Waals surface area contributed by atoms with Crippen molar-refractivity contribution in [3.63, 3.8) is 0 Å². The highest BCUT2D eigenvalue weighted by Crippen LogP contribution is 2.62. The van der Waals surface area contributed by atoms with E-state index in [0.717, 1.165) is 0 Å². The van der Waals surface area contributed by atoms with E-state index in [0.29, 0.717) is 7.92 Å². The first-order valence-electron chi connectivity index (χ1n) is 7.53. The van der Waals surface area contributed by atoms with Crippen molar-refractivity contribution in [1.82, 2.24) is 0 Å². The Morgan fingerprint density at radius 3 is 1.71 bits per heavy atom. The molecule has 0 atom stereocenters. The van der Waals surface area contributed by atoms with Crippen LogP contribution in [0.1, 0.15) is 38.5 Å². The van der Waals surface area contributed by atoms with Crippen LogP contribution in [0.4, 0.5) is 0 Å². The largest absolute Gasteiger partial charge is 0.107 e. The summed E-state index contributed by atoms with van der Waals surface area (Å²) in [6.07, 6.45) is 22.5.